The van der Waals surface area contributed by atoms with Crippen molar-refractivity contribution in [1.82, 2.24) is 10.3 Å². The molecule has 1 heterocycles. The Hall–Kier alpha value is -4.06. The summed E-state index contributed by atoms with van der Waals surface area (Å²) in [6.07, 6.45) is 1.55. The molecule has 4 rings (SSSR count). The number of aromatic amines is 1. The molecular weight excluding hydrogens is 414 g/mol. The van der Waals surface area contributed by atoms with Crippen molar-refractivity contribution in [2.24, 2.45) is 0 Å². The van der Waals surface area contributed by atoms with Gasteiger partial charge in [-0.05, 0) is 54.3 Å². The first kappa shape index (κ1) is 22.1. The molecule has 1 unspecified atom stereocenters. The lowest BCUT2D eigenvalue weighted by molar-refractivity contribution is -0.118. The number of alkyl carbamates (subject to hydrolysis) is 1. The molecule has 33 heavy (non-hydrogen) atoms. The number of carbonyl (C=O) groups is 2. The van der Waals surface area contributed by atoms with E-state index in [-0.39, 0.29) is 12.5 Å². The molecule has 4 aromatic rings. The van der Waals surface area contributed by atoms with Gasteiger partial charge in [-0.2, -0.15) is 0 Å². The fourth-order valence-electron chi connectivity index (χ4n) is 3.91. The largest absolute Gasteiger partial charge is 0.445 e. The van der Waals surface area contributed by atoms with Gasteiger partial charge in [-0.25, -0.2) is 4.79 Å². The van der Waals surface area contributed by atoms with Gasteiger partial charge >= 0.3 is 6.09 Å². The first-order chi connectivity index (χ1) is 16.0. The van der Waals surface area contributed by atoms with E-state index in [2.05, 4.69) is 15.6 Å². The molecule has 3 N–H and O–H groups in total. The number of aryl methyl sites for hydroxylation is 2. The molecule has 0 radical (unpaired) electrons. The van der Waals surface area contributed by atoms with Crippen LogP contribution in [0.4, 0.5) is 10.5 Å². The van der Waals surface area contributed by atoms with Gasteiger partial charge in [0.25, 0.3) is 0 Å². The van der Waals surface area contributed by atoms with Crippen molar-refractivity contribution in [2.45, 2.75) is 32.9 Å². The smallest absolute Gasteiger partial charge is 0.408 e. The van der Waals surface area contributed by atoms with E-state index in [1.807, 2.05) is 92.8 Å². The van der Waals surface area contributed by atoms with Crippen molar-refractivity contribution in [1.29, 1.82) is 0 Å². The summed E-state index contributed by atoms with van der Waals surface area (Å²) in [5, 5.41) is 6.71. The second kappa shape index (κ2) is 10.0. The third kappa shape index (κ3) is 5.80. The van der Waals surface area contributed by atoms with Gasteiger partial charge in [0.15, 0.2) is 0 Å². The maximum Gasteiger partial charge on any atom is 0.408 e. The normalized spacial score (nSPS) is 11.7. The van der Waals surface area contributed by atoms with Crippen molar-refractivity contribution in [3.05, 3.63) is 101 Å². The predicted octanol–water partition coefficient (Wildman–Crippen LogP) is 5.26. The van der Waals surface area contributed by atoms with Crippen molar-refractivity contribution in [3.63, 3.8) is 0 Å². The first-order valence-corrected chi connectivity index (χ1v) is 10.9. The molecule has 0 spiro atoms. The summed E-state index contributed by atoms with van der Waals surface area (Å²) in [7, 11) is 0. The number of para-hydroxylation sites is 1. The van der Waals surface area contributed by atoms with Crippen LogP contribution in [0, 0.1) is 13.8 Å². The van der Waals surface area contributed by atoms with Crippen molar-refractivity contribution < 1.29 is 14.3 Å². The van der Waals surface area contributed by atoms with Crippen LogP contribution in [0.15, 0.2) is 79.0 Å². The summed E-state index contributed by atoms with van der Waals surface area (Å²) in [6, 6.07) is 22.3. The molecule has 6 heteroatoms. The van der Waals surface area contributed by atoms with E-state index in [1.165, 1.54) is 0 Å². The van der Waals surface area contributed by atoms with Crippen molar-refractivity contribution in [2.75, 3.05) is 5.32 Å². The first-order valence-electron chi connectivity index (χ1n) is 10.9. The van der Waals surface area contributed by atoms with E-state index in [1.54, 1.807) is 0 Å². The number of aromatic nitrogens is 1. The Morgan fingerprint density at radius 2 is 1.64 bits per heavy atom. The van der Waals surface area contributed by atoms with Crippen molar-refractivity contribution >= 4 is 28.6 Å². The van der Waals surface area contributed by atoms with Crippen LogP contribution < -0.4 is 10.6 Å². The molecule has 0 bridgehead atoms. The average molecular weight is 442 g/mol. The van der Waals surface area contributed by atoms with Crippen LogP contribution in [0.25, 0.3) is 10.9 Å². The van der Waals surface area contributed by atoms with Crippen LogP contribution in [0.2, 0.25) is 0 Å². The number of hydrogen-bond donors (Lipinski definition) is 3. The maximum absolute atomic E-state index is 13.2. The van der Waals surface area contributed by atoms with Crippen LogP contribution in [0.1, 0.15) is 22.3 Å². The lowest BCUT2D eigenvalue weighted by Crippen LogP contribution is -2.45. The minimum atomic E-state index is -0.812. The van der Waals surface area contributed by atoms with E-state index >= 15 is 0 Å². The van der Waals surface area contributed by atoms with E-state index in [9.17, 15) is 9.59 Å². The zero-order chi connectivity index (χ0) is 23.2. The lowest BCUT2D eigenvalue weighted by atomic mass is 10.0. The third-order valence-corrected chi connectivity index (χ3v) is 5.41. The fourth-order valence-corrected chi connectivity index (χ4v) is 3.91. The number of nitrogens with one attached hydrogen (secondary N) is 3. The van der Waals surface area contributed by atoms with Gasteiger partial charge < -0.3 is 20.4 Å². The van der Waals surface area contributed by atoms with Gasteiger partial charge in [0, 0.05) is 29.2 Å². The summed E-state index contributed by atoms with van der Waals surface area (Å²) < 4.78 is 5.37. The molecule has 6 nitrogen and oxygen atoms in total. The Balaban J connectivity index is 1.51. The number of anilines is 1. The van der Waals surface area contributed by atoms with Crippen LogP contribution in [0.3, 0.4) is 0 Å². The quantitative estimate of drug-likeness (QED) is 0.366. The zero-order valence-electron chi connectivity index (χ0n) is 18.7. The van der Waals surface area contributed by atoms with Gasteiger partial charge in [0.2, 0.25) is 5.91 Å². The van der Waals surface area contributed by atoms with E-state index in [4.69, 9.17) is 4.74 Å². The minimum absolute atomic E-state index is 0.130. The Morgan fingerprint density at radius 3 is 2.39 bits per heavy atom. The second-order valence-corrected chi connectivity index (χ2v) is 8.19. The molecule has 3 aromatic carbocycles. The SMILES string of the molecule is Cc1cc(C)cc(NC(=O)C(Cc2c[nH]c3ccccc23)NC(=O)OCc2ccccc2)c1. The van der Waals surface area contributed by atoms with Gasteiger partial charge in [-0.1, -0.05) is 54.6 Å². The highest BCUT2D eigenvalue weighted by Crippen LogP contribution is 2.20. The van der Waals surface area contributed by atoms with E-state index in [0.717, 1.165) is 33.2 Å². The topological polar surface area (TPSA) is 83.2 Å². The molecule has 1 aromatic heterocycles. The maximum atomic E-state index is 13.2. The van der Waals surface area contributed by atoms with Crippen LogP contribution >= 0.6 is 0 Å². The Bertz CT molecular complexity index is 1240. The number of H-pyrrole nitrogens is 1. The third-order valence-electron chi connectivity index (χ3n) is 5.41. The predicted molar refractivity (Wildman–Crippen MR) is 130 cm³/mol. The summed E-state index contributed by atoms with van der Waals surface area (Å²) in [5.41, 5.74) is 5.59. The van der Waals surface area contributed by atoms with E-state index < -0.39 is 12.1 Å². The highest BCUT2D eigenvalue weighted by Gasteiger charge is 2.24. The number of hydrogen-bond acceptors (Lipinski definition) is 3. The standard InChI is InChI=1S/C27H27N3O3/c1-18-12-19(2)14-22(13-18)29-26(31)25(15-21-16-28-24-11-7-6-10-23(21)24)30-27(32)33-17-20-8-4-3-5-9-20/h3-14,16,25,28H,15,17H2,1-2H3,(H,29,31)(H,30,32). The van der Waals surface area contributed by atoms with Gasteiger partial charge in [-0.3, -0.25) is 4.79 Å². The highest BCUT2D eigenvalue weighted by atomic mass is 16.5. The molecule has 0 aliphatic carbocycles. The summed E-state index contributed by atoms with van der Waals surface area (Å²) in [6.45, 7) is 4.09. The molecule has 2 amide bonds. The fraction of sp³-hybridized carbons (Fsp3) is 0.185. The van der Waals surface area contributed by atoms with Crippen LogP contribution in [-0.4, -0.2) is 23.0 Å². The molecule has 0 saturated carbocycles. The Labute approximate surface area is 193 Å². The summed E-state index contributed by atoms with van der Waals surface area (Å²) in [5.74, 6) is -0.304. The molecule has 0 aliphatic heterocycles. The molecule has 168 valence electrons. The van der Waals surface area contributed by atoms with Crippen LogP contribution in [-0.2, 0) is 22.6 Å². The Kier molecular flexibility index (Phi) is 6.74. The molecular formula is C27H27N3O3. The summed E-state index contributed by atoms with van der Waals surface area (Å²) >= 11 is 0. The van der Waals surface area contributed by atoms with Crippen LogP contribution in [0.5, 0.6) is 0 Å². The number of rotatable bonds is 7. The van der Waals surface area contributed by atoms with Gasteiger partial charge in [-0.15, -0.1) is 0 Å². The molecule has 0 saturated heterocycles. The number of amides is 2. The van der Waals surface area contributed by atoms with Crippen molar-refractivity contribution in [3.8, 4) is 0 Å². The van der Waals surface area contributed by atoms with Gasteiger partial charge in [0.05, 0.1) is 0 Å². The summed E-state index contributed by atoms with van der Waals surface area (Å²) in [4.78, 5) is 29.0. The average Bonchev–Trinajstić information content (AvgIpc) is 3.20. The minimum Gasteiger partial charge on any atom is -0.445 e. The second-order valence-electron chi connectivity index (χ2n) is 8.19. The lowest BCUT2D eigenvalue weighted by Gasteiger charge is -2.19. The molecule has 0 fully saturated rings. The molecule has 1 atom stereocenters. The number of ether oxygens (including phenoxy) is 1. The van der Waals surface area contributed by atoms with E-state index in [0.29, 0.717) is 12.1 Å². The number of carbonyl (C=O) groups excluding carboxylic acids is 2. The highest BCUT2D eigenvalue weighted by molar-refractivity contribution is 5.97. The number of benzene rings is 3. The monoisotopic (exact) mass is 441 g/mol. The van der Waals surface area contributed by atoms with Gasteiger partial charge in [0.1, 0.15) is 12.6 Å². The Morgan fingerprint density at radius 1 is 0.939 bits per heavy atom. The molecule has 0 aliphatic rings. The zero-order valence-corrected chi connectivity index (χ0v) is 18.7. The number of fused-ring (bicyclic) bond motifs is 1.